The molecule has 0 bridgehead atoms. The zero-order chi connectivity index (χ0) is 9.97. The van der Waals surface area contributed by atoms with Crippen LogP contribution >= 0.6 is 22.6 Å². The smallest absolute Gasteiger partial charge is 0.139 e. The summed E-state index contributed by atoms with van der Waals surface area (Å²) >= 11 is 2.32. The third-order valence-electron chi connectivity index (χ3n) is 2.14. The number of nitrogens with zero attached hydrogens (tertiary/aromatic N) is 2. The van der Waals surface area contributed by atoms with Crippen molar-refractivity contribution in [2.24, 2.45) is 0 Å². The molecule has 0 atom stereocenters. The molecule has 0 amide bonds. The van der Waals surface area contributed by atoms with Gasteiger partial charge in [0.15, 0.2) is 0 Å². The molecule has 0 aliphatic rings. The van der Waals surface area contributed by atoms with E-state index in [1.165, 1.54) is 9.13 Å². The summed E-state index contributed by atoms with van der Waals surface area (Å²) in [6, 6.07) is 8.39. The van der Waals surface area contributed by atoms with Crippen molar-refractivity contribution in [1.29, 1.82) is 0 Å². The quantitative estimate of drug-likeness (QED) is 0.779. The molecule has 14 heavy (non-hydrogen) atoms. The Morgan fingerprint density at radius 2 is 2.29 bits per heavy atom. The number of aryl methyl sites for hydroxylation is 1. The van der Waals surface area contributed by atoms with Crippen LogP contribution in [-0.4, -0.2) is 9.55 Å². The second-order valence-electron chi connectivity index (χ2n) is 3.05. The molecule has 0 aliphatic carbocycles. The molecule has 0 saturated carbocycles. The van der Waals surface area contributed by atoms with Crippen LogP contribution in [0.5, 0.6) is 0 Å². The summed E-state index contributed by atoms with van der Waals surface area (Å²) in [6.07, 6.45) is 3.86. The van der Waals surface area contributed by atoms with Gasteiger partial charge in [0.1, 0.15) is 5.82 Å². The van der Waals surface area contributed by atoms with Crippen LogP contribution in [-0.2, 0) is 6.54 Å². The van der Waals surface area contributed by atoms with Gasteiger partial charge < -0.3 is 4.57 Å². The van der Waals surface area contributed by atoms with Crippen LogP contribution in [0.3, 0.4) is 0 Å². The summed E-state index contributed by atoms with van der Waals surface area (Å²) < 4.78 is 3.39. The Morgan fingerprint density at radius 3 is 3.00 bits per heavy atom. The number of hydrogen-bond donors (Lipinski definition) is 0. The van der Waals surface area contributed by atoms with Crippen molar-refractivity contribution in [2.45, 2.75) is 13.5 Å². The lowest BCUT2D eigenvalue weighted by molar-refractivity contribution is 0.771. The van der Waals surface area contributed by atoms with E-state index >= 15 is 0 Å². The molecule has 1 aromatic carbocycles. The Balaban J connectivity index is 2.49. The first-order valence-electron chi connectivity index (χ1n) is 4.58. The lowest BCUT2D eigenvalue weighted by Gasteiger charge is -2.04. The van der Waals surface area contributed by atoms with Crippen molar-refractivity contribution < 1.29 is 0 Å². The van der Waals surface area contributed by atoms with E-state index < -0.39 is 0 Å². The molecule has 2 nitrogen and oxygen atoms in total. The first kappa shape index (κ1) is 9.71. The lowest BCUT2D eigenvalue weighted by Crippen LogP contribution is -1.95. The van der Waals surface area contributed by atoms with Crippen LogP contribution in [0.4, 0.5) is 0 Å². The van der Waals surface area contributed by atoms with Crippen LogP contribution in [0.2, 0.25) is 0 Å². The summed E-state index contributed by atoms with van der Waals surface area (Å²) in [7, 11) is 0. The molecule has 2 aromatic rings. The predicted molar refractivity (Wildman–Crippen MR) is 66.1 cm³/mol. The van der Waals surface area contributed by atoms with E-state index in [9.17, 15) is 0 Å². The topological polar surface area (TPSA) is 17.8 Å². The highest BCUT2D eigenvalue weighted by Gasteiger charge is 2.03. The van der Waals surface area contributed by atoms with Crippen molar-refractivity contribution in [3.8, 4) is 11.4 Å². The van der Waals surface area contributed by atoms with Crippen LogP contribution in [0.15, 0.2) is 36.7 Å². The van der Waals surface area contributed by atoms with Gasteiger partial charge >= 0.3 is 0 Å². The van der Waals surface area contributed by atoms with E-state index in [-0.39, 0.29) is 0 Å². The molecule has 0 unspecified atom stereocenters. The minimum atomic E-state index is 0.959. The van der Waals surface area contributed by atoms with E-state index in [4.69, 9.17) is 0 Å². The Kier molecular flexibility index (Phi) is 2.86. The summed E-state index contributed by atoms with van der Waals surface area (Å²) in [5.74, 6) is 1.05. The molecule has 0 spiro atoms. The molecular weight excluding hydrogens is 287 g/mol. The molecule has 1 aromatic heterocycles. The predicted octanol–water partition coefficient (Wildman–Crippen LogP) is 3.17. The van der Waals surface area contributed by atoms with Gasteiger partial charge in [-0.15, -0.1) is 0 Å². The average Bonchev–Trinajstić information content (AvgIpc) is 2.65. The Bertz CT molecular complexity index is 434. The van der Waals surface area contributed by atoms with Gasteiger partial charge in [-0.1, -0.05) is 12.1 Å². The van der Waals surface area contributed by atoms with E-state index in [1.807, 2.05) is 12.4 Å². The van der Waals surface area contributed by atoms with Crippen molar-refractivity contribution in [3.63, 3.8) is 0 Å². The fraction of sp³-hybridized carbons (Fsp3) is 0.182. The van der Waals surface area contributed by atoms with Gasteiger partial charge in [0.25, 0.3) is 0 Å². The summed E-state index contributed by atoms with van der Waals surface area (Å²) in [5.41, 5.74) is 1.18. The Morgan fingerprint density at radius 1 is 1.43 bits per heavy atom. The second-order valence-corrected chi connectivity index (χ2v) is 4.29. The monoisotopic (exact) mass is 298 g/mol. The Hall–Kier alpha value is -0.840. The van der Waals surface area contributed by atoms with Crippen LogP contribution in [0.25, 0.3) is 11.4 Å². The maximum Gasteiger partial charge on any atom is 0.139 e. The van der Waals surface area contributed by atoms with Crippen LogP contribution in [0.1, 0.15) is 6.92 Å². The minimum Gasteiger partial charge on any atom is -0.331 e. The maximum absolute atomic E-state index is 4.36. The van der Waals surface area contributed by atoms with E-state index in [2.05, 4.69) is 63.3 Å². The van der Waals surface area contributed by atoms with Gasteiger partial charge in [-0.2, -0.15) is 0 Å². The van der Waals surface area contributed by atoms with E-state index in [0.29, 0.717) is 0 Å². The number of imidazole rings is 1. The zero-order valence-corrected chi connectivity index (χ0v) is 10.1. The molecular formula is C11H11IN2. The summed E-state index contributed by atoms with van der Waals surface area (Å²) in [6.45, 7) is 3.08. The minimum absolute atomic E-state index is 0.959. The van der Waals surface area contributed by atoms with Crippen molar-refractivity contribution >= 4 is 22.6 Å². The molecule has 0 fully saturated rings. The molecule has 0 saturated heterocycles. The lowest BCUT2D eigenvalue weighted by atomic mass is 10.2. The number of benzene rings is 1. The zero-order valence-electron chi connectivity index (χ0n) is 7.94. The molecule has 1 heterocycles. The van der Waals surface area contributed by atoms with E-state index in [1.54, 1.807) is 0 Å². The molecule has 2 rings (SSSR count). The third kappa shape index (κ3) is 1.82. The normalized spacial score (nSPS) is 10.4. The third-order valence-corrected chi connectivity index (χ3v) is 2.81. The van der Waals surface area contributed by atoms with Gasteiger partial charge in [0.2, 0.25) is 0 Å². The highest BCUT2D eigenvalue weighted by molar-refractivity contribution is 14.1. The molecule has 0 N–H and O–H groups in total. The van der Waals surface area contributed by atoms with Crippen molar-refractivity contribution in [2.75, 3.05) is 0 Å². The number of hydrogen-bond acceptors (Lipinski definition) is 1. The fourth-order valence-electron chi connectivity index (χ4n) is 1.45. The molecule has 0 aliphatic heterocycles. The van der Waals surface area contributed by atoms with Gasteiger partial charge in [0.05, 0.1) is 0 Å². The highest BCUT2D eigenvalue weighted by Crippen LogP contribution is 2.19. The van der Waals surface area contributed by atoms with Crippen LogP contribution < -0.4 is 0 Å². The maximum atomic E-state index is 4.36. The molecule has 0 radical (unpaired) electrons. The highest BCUT2D eigenvalue weighted by atomic mass is 127. The molecule has 3 heteroatoms. The number of halogens is 1. The molecule has 72 valence electrons. The first-order valence-corrected chi connectivity index (χ1v) is 5.66. The average molecular weight is 298 g/mol. The van der Waals surface area contributed by atoms with Crippen molar-refractivity contribution in [3.05, 3.63) is 40.2 Å². The summed E-state index contributed by atoms with van der Waals surface area (Å²) in [5, 5.41) is 0. The van der Waals surface area contributed by atoms with Gasteiger partial charge in [-0.3, -0.25) is 0 Å². The van der Waals surface area contributed by atoms with Gasteiger partial charge in [-0.05, 0) is 41.6 Å². The van der Waals surface area contributed by atoms with Gasteiger partial charge in [-0.25, -0.2) is 4.98 Å². The number of rotatable bonds is 2. The van der Waals surface area contributed by atoms with Gasteiger partial charge in [0, 0.05) is 28.1 Å². The van der Waals surface area contributed by atoms with E-state index in [0.717, 1.165) is 12.4 Å². The summed E-state index contributed by atoms with van der Waals surface area (Å²) in [4.78, 5) is 4.36. The largest absolute Gasteiger partial charge is 0.331 e. The second kappa shape index (κ2) is 4.13. The number of aromatic nitrogens is 2. The first-order chi connectivity index (χ1) is 6.81. The Labute approximate surface area is 97.1 Å². The SMILES string of the molecule is CCn1ccnc1-c1cccc(I)c1. The standard InChI is InChI=1S/C11H11IN2/c1-2-14-7-6-13-11(14)9-4-3-5-10(12)8-9/h3-8H,2H2,1H3. The van der Waals surface area contributed by atoms with Crippen molar-refractivity contribution in [1.82, 2.24) is 9.55 Å². The van der Waals surface area contributed by atoms with Crippen LogP contribution in [0, 0.1) is 3.57 Å². The fourth-order valence-corrected chi connectivity index (χ4v) is 2.00.